The summed E-state index contributed by atoms with van der Waals surface area (Å²) in [7, 11) is 1.32. The number of hydrogen-bond donors (Lipinski definition) is 0. The summed E-state index contributed by atoms with van der Waals surface area (Å²) in [5.74, 6) is -2.33. The van der Waals surface area contributed by atoms with Crippen LogP contribution in [0.25, 0.3) is 11.3 Å². The van der Waals surface area contributed by atoms with Crippen LogP contribution >= 0.6 is 0 Å². The Balaban J connectivity index is 2.47. The van der Waals surface area contributed by atoms with Crippen LogP contribution in [0.5, 0.6) is 0 Å². The summed E-state index contributed by atoms with van der Waals surface area (Å²) >= 11 is 0. The van der Waals surface area contributed by atoms with Crippen molar-refractivity contribution in [3.05, 3.63) is 47.2 Å². The molecule has 0 N–H and O–H groups in total. The largest absolute Gasteiger partial charge is 0.469 e. The second kappa shape index (κ2) is 7.26. The first-order valence-corrected chi connectivity index (χ1v) is 7.36. The molecule has 0 saturated heterocycles. The standard InChI is InChI=1S/C17H18F2N2O2/c1-4-6-11(17(22)23-3)16-10(2)9-14(20-21-16)15-12(18)7-5-8-13(15)19/h5,7-9,11H,4,6H2,1-3H3. The van der Waals surface area contributed by atoms with Crippen LogP contribution in [0.3, 0.4) is 0 Å². The molecule has 1 aromatic carbocycles. The molecular weight excluding hydrogens is 302 g/mol. The van der Waals surface area contributed by atoms with E-state index in [0.29, 0.717) is 17.7 Å². The van der Waals surface area contributed by atoms with Gasteiger partial charge in [0, 0.05) is 0 Å². The maximum absolute atomic E-state index is 13.8. The second-order valence-corrected chi connectivity index (χ2v) is 5.26. The molecule has 0 amide bonds. The molecule has 0 fully saturated rings. The SMILES string of the molecule is CCCC(C(=O)OC)c1nnc(-c2c(F)cccc2F)cc1C. The smallest absolute Gasteiger partial charge is 0.314 e. The minimum Gasteiger partial charge on any atom is -0.469 e. The summed E-state index contributed by atoms with van der Waals surface area (Å²) in [6.07, 6.45) is 1.33. The zero-order chi connectivity index (χ0) is 17.0. The lowest BCUT2D eigenvalue weighted by atomic mass is 9.95. The number of esters is 1. The average Bonchev–Trinajstić information content (AvgIpc) is 2.52. The number of halogens is 2. The fraction of sp³-hybridized carbons (Fsp3) is 0.353. The van der Waals surface area contributed by atoms with E-state index >= 15 is 0 Å². The first kappa shape index (κ1) is 17.0. The van der Waals surface area contributed by atoms with Crippen molar-refractivity contribution in [2.24, 2.45) is 0 Å². The molecule has 0 saturated carbocycles. The number of methoxy groups -OCH3 is 1. The third-order valence-electron chi connectivity index (χ3n) is 3.63. The molecule has 0 radical (unpaired) electrons. The Morgan fingerprint density at radius 1 is 1.26 bits per heavy atom. The number of carbonyl (C=O) groups is 1. The Labute approximate surface area is 133 Å². The molecular formula is C17H18F2N2O2. The van der Waals surface area contributed by atoms with Gasteiger partial charge in [0.25, 0.3) is 0 Å². The number of aromatic nitrogens is 2. The summed E-state index contributed by atoms with van der Waals surface area (Å²) < 4.78 is 32.5. The quantitative estimate of drug-likeness (QED) is 0.787. The van der Waals surface area contributed by atoms with E-state index in [9.17, 15) is 13.6 Å². The van der Waals surface area contributed by atoms with Gasteiger partial charge in [-0.1, -0.05) is 19.4 Å². The van der Waals surface area contributed by atoms with E-state index in [1.54, 1.807) is 6.92 Å². The van der Waals surface area contributed by atoms with Gasteiger partial charge >= 0.3 is 5.97 Å². The van der Waals surface area contributed by atoms with Gasteiger partial charge in [-0.15, -0.1) is 5.10 Å². The highest BCUT2D eigenvalue weighted by Crippen LogP contribution is 2.28. The lowest BCUT2D eigenvalue weighted by molar-refractivity contribution is -0.142. The number of rotatable bonds is 5. The minimum atomic E-state index is -0.704. The normalized spacial score (nSPS) is 12.0. The summed E-state index contributed by atoms with van der Waals surface area (Å²) in [5, 5.41) is 7.95. The van der Waals surface area contributed by atoms with Crippen molar-refractivity contribution < 1.29 is 18.3 Å². The molecule has 1 atom stereocenters. The molecule has 4 nitrogen and oxygen atoms in total. The van der Waals surface area contributed by atoms with Crippen molar-refractivity contribution in [2.45, 2.75) is 32.6 Å². The molecule has 122 valence electrons. The summed E-state index contributed by atoms with van der Waals surface area (Å²) in [6, 6.07) is 5.15. The Hall–Kier alpha value is -2.37. The zero-order valence-corrected chi connectivity index (χ0v) is 13.3. The van der Waals surface area contributed by atoms with Crippen molar-refractivity contribution in [1.82, 2.24) is 10.2 Å². The molecule has 0 aliphatic carbocycles. The van der Waals surface area contributed by atoms with Crippen molar-refractivity contribution in [1.29, 1.82) is 0 Å². The topological polar surface area (TPSA) is 52.1 Å². The fourth-order valence-corrected chi connectivity index (χ4v) is 2.50. The van der Waals surface area contributed by atoms with Gasteiger partial charge in [-0.05, 0) is 37.1 Å². The fourth-order valence-electron chi connectivity index (χ4n) is 2.50. The third-order valence-corrected chi connectivity index (χ3v) is 3.63. The Morgan fingerprint density at radius 2 is 1.91 bits per heavy atom. The van der Waals surface area contributed by atoms with E-state index < -0.39 is 23.5 Å². The van der Waals surface area contributed by atoms with Crippen molar-refractivity contribution in [2.75, 3.05) is 7.11 Å². The first-order valence-electron chi connectivity index (χ1n) is 7.36. The highest BCUT2D eigenvalue weighted by molar-refractivity contribution is 5.78. The number of hydrogen-bond acceptors (Lipinski definition) is 4. The molecule has 2 aromatic rings. The van der Waals surface area contributed by atoms with Gasteiger partial charge < -0.3 is 4.74 Å². The van der Waals surface area contributed by atoms with E-state index in [0.717, 1.165) is 18.6 Å². The van der Waals surface area contributed by atoms with E-state index in [2.05, 4.69) is 10.2 Å². The molecule has 0 aliphatic rings. The van der Waals surface area contributed by atoms with Gasteiger partial charge in [0.2, 0.25) is 0 Å². The Morgan fingerprint density at radius 3 is 2.43 bits per heavy atom. The predicted molar refractivity (Wildman–Crippen MR) is 81.8 cm³/mol. The Bertz CT molecular complexity index is 699. The van der Waals surface area contributed by atoms with Crippen molar-refractivity contribution >= 4 is 5.97 Å². The van der Waals surface area contributed by atoms with E-state index in [1.165, 1.54) is 19.2 Å². The molecule has 23 heavy (non-hydrogen) atoms. The van der Waals surface area contributed by atoms with Gasteiger partial charge in [0.1, 0.15) is 17.6 Å². The lowest BCUT2D eigenvalue weighted by Crippen LogP contribution is -2.17. The van der Waals surface area contributed by atoms with Crippen molar-refractivity contribution in [3.63, 3.8) is 0 Å². The van der Waals surface area contributed by atoms with Gasteiger partial charge in [-0.3, -0.25) is 4.79 Å². The average molecular weight is 320 g/mol. The second-order valence-electron chi connectivity index (χ2n) is 5.26. The number of carbonyl (C=O) groups excluding carboxylic acids is 1. The zero-order valence-electron chi connectivity index (χ0n) is 13.3. The summed E-state index contributed by atoms with van der Waals surface area (Å²) in [4.78, 5) is 11.9. The molecule has 0 spiro atoms. The molecule has 0 aliphatic heterocycles. The molecule has 1 aromatic heterocycles. The first-order chi connectivity index (χ1) is 11.0. The molecule has 2 rings (SSSR count). The maximum atomic E-state index is 13.8. The van der Waals surface area contributed by atoms with Crippen molar-refractivity contribution in [3.8, 4) is 11.3 Å². The van der Waals surface area contributed by atoms with Gasteiger partial charge in [0.15, 0.2) is 0 Å². The van der Waals surface area contributed by atoms with Crippen LogP contribution in [0.15, 0.2) is 24.3 Å². The lowest BCUT2D eigenvalue weighted by Gasteiger charge is -2.15. The molecule has 6 heteroatoms. The number of ether oxygens (including phenoxy) is 1. The van der Waals surface area contributed by atoms with Gasteiger partial charge in [-0.25, -0.2) is 8.78 Å². The number of nitrogens with zero attached hydrogens (tertiary/aromatic N) is 2. The molecule has 1 unspecified atom stereocenters. The van der Waals surface area contributed by atoms with Crippen LogP contribution in [-0.2, 0) is 9.53 Å². The van der Waals surface area contributed by atoms with E-state index in [4.69, 9.17) is 4.74 Å². The Kier molecular flexibility index (Phi) is 5.36. The highest BCUT2D eigenvalue weighted by atomic mass is 19.1. The van der Waals surface area contributed by atoms with Crippen LogP contribution in [0.4, 0.5) is 8.78 Å². The monoisotopic (exact) mass is 320 g/mol. The summed E-state index contributed by atoms with van der Waals surface area (Å²) in [6.45, 7) is 3.68. The molecule has 0 bridgehead atoms. The van der Waals surface area contributed by atoms with Crippen LogP contribution in [-0.4, -0.2) is 23.3 Å². The maximum Gasteiger partial charge on any atom is 0.314 e. The van der Waals surface area contributed by atoms with Crippen LogP contribution in [0.1, 0.15) is 36.9 Å². The van der Waals surface area contributed by atoms with Crippen LogP contribution in [0, 0.1) is 18.6 Å². The number of aryl methyl sites for hydroxylation is 1. The third kappa shape index (κ3) is 3.52. The summed E-state index contributed by atoms with van der Waals surface area (Å²) in [5.41, 5.74) is 0.988. The highest BCUT2D eigenvalue weighted by Gasteiger charge is 2.25. The predicted octanol–water partition coefficient (Wildman–Crippen LogP) is 3.79. The van der Waals surface area contributed by atoms with Crippen LogP contribution < -0.4 is 0 Å². The number of benzene rings is 1. The van der Waals surface area contributed by atoms with Gasteiger partial charge in [-0.2, -0.15) is 5.10 Å². The molecule has 1 heterocycles. The van der Waals surface area contributed by atoms with E-state index in [1.807, 2.05) is 6.92 Å². The van der Waals surface area contributed by atoms with Crippen LogP contribution in [0.2, 0.25) is 0 Å². The minimum absolute atomic E-state index is 0.0990. The van der Waals surface area contributed by atoms with Gasteiger partial charge in [0.05, 0.1) is 24.1 Å². The van der Waals surface area contributed by atoms with E-state index in [-0.39, 0.29) is 11.3 Å².